The van der Waals surface area contributed by atoms with Gasteiger partial charge in [0.1, 0.15) is 5.69 Å². The van der Waals surface area contributed by atoms with Gasteiger partial charge in [-0.15, -0.1) is 0 Å². The molecule has 1 heterocycles. The van der Waals surface area contributed by atoms with E-state index in [0.29, 0.717) is 23.5 Å². The van der Waals surface area contributed by atoms with Crippen molar-refractivity contribution in [2.45, 2.75) is 26.3 Å². The van der Waals surface area contributed by atoms with Crippen LogP contribution in [0.3, 0.4) is 0 Å². The second-order valence-corrected chi connectivity index (χ2v) is 5.24. The molecule has 108 valence electrons. The lowest BCUT2D eigenvalue weighted by Crippen LogP contribution is -2.33. The fourth-order valence-corrected chi connectivity index (χ4v) is 2.23. The van der Waals surface area contributed by atoms with Gasteiger partial charge < -0.3 is 16.4 Å². The Kier molecular flexibility index (Phi) is 3.89. The zero-order chi connectivity index (χ0) is 14.9. The molecular formula is C13H18N4O3. The van der Waals surface area contributed by atoms with Crippen LogP contribution < -0.4 is 16.4 Å². The average molecular weight is 278 g/mol. The number of nitro groups is 1. The molecule has 0 bridgehead atoms. The van der Waals surface area contributed by atoms with Gasteiger partial charge in [0.25, 0.3) is 5.69 Å². The maximum Gasteiger partial charge on any atom is 0.292 e. The Morgan fingerprint density at radius 3 is 2.75 bits per heavy atom. The van der Waals surface area contributed by atoms with Crippen LogP contribution in [0, 0.1) is 16.0 Å². The fourth-order valence-electron chi connectivity index (χ4n) is 2.23. The average Bonchev–Trinajstić information content (AvgIpc) is 2.73. The summed E-state index contributed by atoms with van der Waals surface area (Å²) in [5.74, 6) is 0.0909. The number of fused-ring (bicyclic) bond motifs is 1. The first-order chi connectivity index (χ1) is 9.42. The highest BCUT2D eigenvalue weighted by molar-refractivity contribution is 6.00. The third kappa shape index (κ3) is 2.72. The van der Waals surface area contributed by atoms with Crippen molar-refractivity contribution in [1.82, 2.24) is 0 Å². The summed E-state index contributed by atoms with van der Waals surface area (Å²) in [7, 11) is 0. The number of nitro benzene ring substituents is 1. The molecule has 20 heavy (non-hydrogen) atoms. The molecule has 0 saturated heterocycles. The number of anilines is 2. The Balaban J connectivity index is 2.39. The molecule has 0 saturated carbocycles. The number of amides is 1. The van der Waals surface area contributed by atoms with Gasteiger partial charge in [-0.25, -0.2) is 0 Å². The van der Waals surface area contributed by atoms with Gasteiger partial charge in [-0.2, -0.15) is 0 Å². The van der Waals surface area contributed by atoms with Crippen molar-refractivity contribution >= 4 is 23.0 Å². The molecule has 1 amide bonds. The normalized spacial score (nSPS) is 14.9. The summed E-state index contributed by atoms with van der Waals surface area (Å²) >= 11 is 0. The Hall–Kier alpha value is -2.15. The molecule has 4 N–H and O–H groups in total. The van der Waals surface area contributed by atoms with E-state index in [1.807, 2.05) is 13.8 Å². The molecule has 1 aromatic rings. The Bertz CT molecular complexity index is 557. The van der Waals surface area contributed by atoms with Crippen molar-refractivity contribution in [3.8, 4) is 0 Å². The van der Waals surface area contributed by atoms with Gasteiger partial charge in [0.05, 0.1) is 11.3 Å². The molecule has 1 atom stereocenters. The first-order valence-electron chi connectivity index (χ1n) is 6.50. The van der Waals surface area contributed by atoms with Crippen molar-refractivity contribution in [3.05, 3.63) is 27.8 Å². The molecule has 0 fully saturated rings. The van der Waals surface area contributed by atoms with E-state index >= 15 is 0 Å². The second-order valence-electron chi connectivity index (χ2n) is 5.24. The lowest BCUT2D eigenvalue weighted by atomic mass is 10.0. The van der Waals surface area contributed by atoms with E-state index in [2.05, 4.69) is 10.6 Å². The number of carbonyl (C=O) groups is 1. The molecule has 2 rings (SSSR count). The fraction of sp³-hybridized carbons (Fsp3) is 0.462. The molecule has 7 heteroatoms. The summed E-state index contributed by atoms with van der Waals surface area (Å²) in [5.41, 5.74) is 7.32. The van der Waals surface area contributed by atoms with E-state index in [4.69, 9.17) is 5.73 Å². The number of hydrogen-bond acceptors (Lipinski definition) is 5. The van der Waals surface area contributed by atoms with Crippen LogP contribution in [0.5, 0.6) is 0 Å². The monoisotopic (exact) mass is 278 g/mol. The molecule has 1 unspecified atom stereocenters. The van der Waals surface area contributed by atoms with Crippen LogP contribution in [0.1, 0.15) is 19.4 Å². The number of hydrogen-bond donors (Lipinski definition) is 3. The second kappa shape index (κ2) is 5.46. The summed E-state index contributed by atoms with van der Waals surface area (Å²) < 4.78 is 0. The summed E-state index contributed by atoms with van der Waals surface area (Å²) in [6.07, 6.45) is 0.181. The SMILES string of the molecule is CC(C)C(CN)Nc1cc2c(cc1[N+](=O)[O-])CC(=O)N2. The summed E-state index contributed by atoms with van der Waals surface area (Å²) in [4.78, 5) is 22.1. The van der Waals surface area contributed by atoms with Crippen molar-refractivity contribution < 1.29 is 9.72 Å². The zero-order valence-corrected chi connectivity index (χ0v) is 11.5. The van der Waals surface area contributed by atoms with Gasteiger partial charge in [0.15, 0.2) is 0 Å². The maximum atomic E-state index is 11.4. The van der Waals surface area contributed by atoms with Gasteiger partial charge in [-0.05, 0) is 17.5 Å². The van der Waals surface area contributed by atoms with Crippen molar-refractivity contribution in [3.63, 3.8) is 0 Å². The molecule has 0 radical (unpaired) electrons. The van der Waals surface area contributed by atoms with Crippen LogP contribution in [-0.2, 0) is 11.2 Å². The van der Waals surface area contributed by atoms with Gasteiger partial charge in [-0.1, -0.05) is 13.8 Å². The topological polar surface area (TPSA) is 110 Å². The van der Waals surface area contributed by atoms with E-state index < -0.39 is 4.92 Å². The lowest BCUT2D eigenvalue weighted by molar-refractivity contribution is -0.384. The number of carbonyl (C=O) groups excluding carboxylic acids is 1. The number of nitrogens with zero attached hydrogens (tertiary/aromatic N) is 1. The van der Waals surface area contributed by atoms with Crippen molar-refractivity contribution in [2.75, 3.05) is 17.2 Å². The zero-order valence-electron chi connectivity index (χ0n) is 11.5. The Morgan fingerprint density at radius 1 is 1.50 bits per heavy atom. The van der Waals surface area contributed by atoms with Crippen molar-refractivity contribution in [2.24, 2.45) is 11.7 Å². The minimum absolute atomic E-state index is 0.0284. The largest absolute Gasteiger partial charge is 0.375 e. The molecule has 0 spiro atoms. The lowest BCUT2D eigenvalue weighted by Gasteiger charge is -2.22. The smallest absolute Gasteiger partial charge is 0.292 e. The number of benzene rings is 1. The van der Waals surface area contributed by atoms with Crippen LogP contribution in [0.2, 0.25) is 0 Å². The van der Waals surface area contributed by atoms with Gasteiger partial charge >= 0.3 is 0 Å². The third-order valence-corrected chi connectivity index (χ3v) is 3.44. The van der Waals surface area contributed by atoms with Crippen LogP contribution in [0.4, 0.5) is 17.1 Å². The van der Waals surface area contributed by atoms with Crippen LogP contribution in [-0.4, -0.2) is 23.4 Å². The highest BCUT2D eigenvalue weighted by Crippen LogP contribution is 2.35. The summed E-state index contributed by atoms with van der Waals surface area (Å²) in [6.45, 7) is 4.36. The highest BCUT2D eigenvalue weighted by atomic mass is 16.6. The minimum atomic E-state index is -0.445. The number of rotatable bonds is 5. The first kappa shape index (κ1) is 14.3. The molecular weight excluding hydrogens is 260 g/mol. The van der Waals surface area contributed by atoms with Crippen molar-refractivity contribution in [1.29, 1.82) is 0 Å². The third-order valence-electron chi connectivity index (χ3n) is 3.44. The summed E-state index contributed by atoms with van der Waals surface area (Å²) in [6, 6.07) is 3.00. The van der Waals surface area contributed by atoms with E-state index in [-0.39, 0.29) is 30.0 Å². The first-order valence-corrected chi connectivity index (χ1v) is 6.50. The molecule has 1 aliphatic heterocycles. The highest BCUT2D eigenvalue weighted by Gasteiger charge is 2.26. The predicted octanol–water partition coefficient (Wildman–Crippen LogP) is 1.48. The van der Waals surface area contributed by atoms with Gasteiger partial charge in [0, 0.05) is 24.3 Å². The number of nitrogens with two attached hydrogens (primary N) is 1. The number of nitrogens with one attached hydrogen (secondary N) is 2. The Labute approximate surface area is 116 Å². The minimum Gasteiger partial charge on any atom is -0.375 e. The quantitative estimate of drug-likeness (QED) is 0.558. The van der Waals surface area contributed by atoms with E-state index in [9.17, 15) is 14.9 Å². The van der Waals surface area contributed by atoms with E-state index in [1.54, 1.807) is 6.07 Å². The van der Waals surface area contributed by atoms with E-state index in [1.165, 1.54) is 6.07 Å². The molecule has 0 aliphatic carbocycles. The van der Waals surface area contributed by atoms with Crippen LogP contribution in [0.25, 0.3) is 0 Å². The molecule has 1 aliphatic rings. The van der Waals surface area contributed by atoms with E-state index in [0.717, 1.165) is 0 Å². The van der Waals surface area contributed by atoms with Crippen LogP contribution in [0.15, 0.2) is 12.1 Å². The van der Waals surface area contributed by atoms with Gasteiger partial charge in [-0.3, -0.25) is 14.9 Å². The predicted molar refractivity (Wildman–Crippen MR) is 76.7 cm³/mol. The maximum absolute atomic E-state index is 11.4. The molecule has 1 aromatic carbocycles. The van der Waals surface area contributed by atoms with Crippen LogP contribution >= 0.6 is 0 Å². The van der Waals surface area contributed by atoms with Gasteiger partial charge in [0.2, 0.25) is 5.91 Å². The molecule has 0 aromatic heterocycles. The Morgan fingerprint density at radius 2 is 2.20 bits per heavy atom. The summed E-state index contributed by atoms with van der Waals surface area (Å²) in [5, 5.41) is 17.0. The molecule has 7 nitrogen and oxygen atoms in total. The standard InChI is InChI=1S/C13H18N4O3/c1-7(2)11(6-14)15-10-5-9-8(4-13(18)16-9)3-12(10)17(19)20/h3,5,7,11,15H,4,6,14H2,1-2H3,(H,16,18).